The lowest BCUT2D eigenvalue weighted by atomic mass is 10.1. The van der Waals surface area contributed by atoms with E-state index in [0.717, 1.165) is 38.0 Å². The fourth-order valence-corrected chi connectivity index (χ4v) is 3.52. The molecule has 0 aromatic carbocycles. The molecule has 0 saturated carbocycles. The maximum Gasteiger partial charge on any atom is 0.410 e. The van der Waals surface area contributed by atoms with Crippen LogP contribution in [0.15, 0.2) is 0 Å². The summed E-state index contributed by atoms with van der Waals surface area (Å²) in [4.78, 5) is 13.9. The number of rotatable bonds is 7. The molecule has 1 aliphatic heterocycles. The minimum absolute atomic E-state index is 0.182. The Balaban J connectivity index is 2.17. The fraction of sp³-hybridized carbons (Fsp3) is 0.938. The van der Waals surface area contributed by atoms with Crippen LogP contribution in [0.3, 0.4) is 0 Å². The van der Waals surface area contributed by atoms with Crippen LogP contribution in [-0.2, 0) is 4.74 Å². The average molecular weight is 355 g/mol. The molecule has 136 valence electrons. The van der Waals surface area contributed by atoms with E-state index < -0.39 is 18.2 Å². The number of alkyl halides is 3. The standard InChI is InChI=1S/C16H28F3NO2S/c1-15(2,3)22-14(21)20-10-4-7-13(20)8-5-11-23-12-6-9-16(17,18)19/h13H,4-12H2,1-3H3/t13-/m1/s1. The van der Waals surface area contributed by atoms with E-state index in [1.807, 2.05) is 20.8 Å². The van der Waals surface area contributed by atoms with Gasteiger partial charge in [0.05, 0.1) is 0 Å². The van der Waals surface area contributed by atoms with Gasteiger partial charge < -0.3 is 9.64 Å². The van der Waals surface area contributed by atoms with Crippen molar-refractivity contribution < 1.29 is 22.7 Å². The van der Waals surface area contributed by atoms with Crippen LogP contribution in [0.2, 0.25) is 0 Å². The lowest BCUT2D eigenvalue weighted by molar-refractivity contribution is -0.134. The highest BCUT2D eigenvalue weighted by Gasteiger charge is 2.31. The van der Waals surface area contributed by atoms with Gasteiger partial charge in [-0.25, -0.2) is 4.79 Å². The number of likely N-dealkylation sites (tertiary alicyclic amines) is 1. The summed E-state index contributed by atoms with van der Waals surface area (Å²) in [7, 11) is 0. The molecule has 0 N–H and O–H groups in total. The zero-order chi connectivity index (χ0) is 17.5. The first kappa shape index (κ1) is 20.5. The number of amides is 1. The number of hydrogen-bond donors (Lipinski definition) is 0. The number of carbonyl (C=O) groups excluding carboxylic acids is 1. The van der Waals surface area contributed by atoms with Crippen molar-refractivity contribution in [3.8, 4) is 0 Å². The summed E-state index contributed by atoms with van der Waals surface area (Å²) in [5.74, 6) is 1.39. The molecule has 1 fully saturated rings. The summed E-state index contributed by atoms with van der Waals surface area (Å²) >= 11 is 1.56. The molecule has 1 aliphatic rings. The second kappa shape index (κ2) is 9.04. The number of halogens is 3. The lowest BCUT2D eigenvalue weighted by Gasteiger charge is -2.28. The quantitative estimate of drug-likeness (QED) is 0.585. The van der Waals surface area contributed by atoms with Crippen molar-refractivity contribution in [2.45, 2.75) is 77.1 Å². The molecule has 1 atom stereocenters. The molecule has 0 spiro atoms. The fourth-order valence-electron chi connectivity index (χ4n) is 2.59. The molecule has 0 aromatic heterocycles. The van der Waals surface area contributed by atoms with E-state index in [0.29, 0.717) is 5.75 Å². The van der Waals surface area contributed by atoms with E-state index in [9.17, 15) is 18.0 Å². The van der Waals surface area contributed by atoms with Gasteiger partial charge in [-0.15, -0.1) is 0 Å². The van der Waals surface area contributed by atoms with Gasteiger partial charge in [-0.1, -0.05) is 0 Å². The summed E-state index contributed by atoms with van der Waals surface area (Å²) in [6.07, 6.45) is -1.03. The van der Waals surface area contributed by atoms with Gasteiger partial charge in [0.25, 0.3) is 0 Å². The second-order valence-corrected chi connectivity index (χ2v) is 8.17. The Labute approximate surface area is 141 Å². The highest BCUT2D eigenvalue weighted by molar-refractivity contribution is 7.99. The molecule has 3 nitrogen and oxygen atoms in total. The number of ether oxygens (including phenoxy) is 1. The Bertz CT molecular complexity index is 369. The van der Waals surface area contributed by atoms with Gasteiger partial charge >= 0.3 is 12.3 Å². The maximum absolute atomic E-state index is 12.1. The molecule has 1 amide bonds. The summed E-state index contributed by atoms with van der Waals surface area (Å²) < 4.78 is 41.5. The topological polar surface area (TPSA) is 29.5 Å². The highest BCUT2D eigenvalue weighted by atomic mass is 32.2. The Morgan fingerprint density at radius 1 is 1.22 bits per heavy atom. The van der Waals surface area contributed by atoms with Crippen LogP contribution >= 0.6 is 11.8 Å². The summed E-state index contributed by atoms with van der Waals surface area (Å²) in [5, 5.41) is 0. The van der Waals surface area contributed by atoms with Crippen LogP contribution in [0.25, 0.3) is 0 Å². The predicted octanol–water partition coefficient (Wildman–Crippen LogP) is 5.24. The third kappa shape index (κ3) is 9.33. The molecule has 23 heavy (non-hydrogen) atoms. The Morgan fingerprint density at radius 3 is 2.48 bits per heavy atom. The Morgan fingerprint density at radius 2 is 1.87 bits per heavy atom. The van der Waals surface area contributed by atoms with Crippen molar-refractivity contribution in [2.24, 2.45) is 0 Å². The van der Waals surface area contributed by atoms with E-state index in [1.165, 1.54) is 0 Å². The maximum atomic E-state index is 12.1. The average Bonchev–Trinajstić information content (AvgIpc) is 2.82. The number of carbonyl (C=O) groups is 1. The van der Waals surface area contributed by atoms with Crippen molar-refractivity contribution in [3.63, 3.8) is 0 Å². The van der Waals surface area contributed by atoms with Gasteiger partial charge in [-0.2, -0.15) is 24.9 Å². The molecule has 0 bridgehead atoms. The SMILES string of the molecule is CC(C)(C)OC(=O)N1CCC[C@@H]1CCCSCCCC(F)(F)F. The molecule has 0 aliphatic carbocycles. The molecule has 0 aromatic rings. The lowest BCUT2D eigenvalue weighted by Crippen LogP contribution is -2.39. The van der Waals surface area contributed by atoms with Gasteiger partial charge in [0.2, 0.25) is 0 Å². The predicted molar refractivity (Wildman–Crippen MR) is 87.8 cm³/mol. The van der Waals surface area contributed by atoms with Crippen molar-refractivity contribution in [3.05, 3.63) is 0 Å². The third-order valence-corrected chi connectivity index (χ3v) is 4.73. The van der Waals surface area contributed by atoms with E-state index in [1.54, 1.807) is 16.7 Å². The van der Waals surface area contributed by atoms with Crippen molar-refractivity contribution in [1.82, 2.24) is 4.90 Å². The zero-order valence-corrected chi connectivity index (χ0v) is 15.1. The number of hydrogen-bond acceptors (Lipinski definition) is 3. The van der Waals surface area contributed by atoms with E-state index in [2.05, 4.69) is 0 Å². The third-order valence-electron chi connectivity index (χ3n) is 3.58. The van der Waals surface area contributed by atoms with E-state index in [4.69, 9.17) is 4.74 Å². The Hall–Kier alpha value is -0.590. The first-order valence-electron chi connectivity index (χ1n) is 8.22. The molecule has 7 heteroatoms. The van der Waals surface area contributed by atoms with E-state index in [-0.39, 0.29) is 18.6 Å². The van der Waals surface area contributed by atoms with Gasteiger partial charge in [0.15, 0.2) is 0 Å². The molecular formula is C16H28F3NO2S. The van der Waals surface area contributed by atoms with Crippen LogP contribution in [-0.4, -0.2) is 46.9 Å². The van der Waals surface area contributed by atoms with Crippen LogP contribution < -0.4 is 0 Å². The van der Waals surface area contributed by atoms with E-state index >= 15 is 0 Å². The van der Waals surface area contributed by atoms with Crippen LogP contribution in [0.1, 0.15) is 59.3 Å². The smallest absolute Gasteiger partial charge is 0.410 e. The van der Waals surface area contributed by atoms with Crippen LogP contribution in [0.5, 0.6) is 0 Å². The minimum atomic E-state index is -4.04. The summed E-state index contributed by atoms with van der Waals surface area (Å²) in [5.41, 5.74) is -0.488. The molecule has 1 saturated heterocycles. The largest absolute Gasteiger partial charge is 0.444 e. The first-order valence-corrected chi connectivity index (χ1v) is 9.38. The summed E-state index contributed by atoms with van der Waals surface area (Å²) in [6.45, 7) is 6.30. The number of nitrogens with zero attached hydrogens (tertiary/aromatic N) is 1. The van der Waals surface area contributed by atoms with Crippen molar-refractivity contribution in [2.75, 3.05) is 18.1 Å². The highest BCUT2D eigenvalue weighted by Crippen LogP contribution is 2.25. The van der Waals surface area contributed by atoms with Crippen LogP contribution in [0, 0.1) is 0 Å². The molecule has 1 rings (SSSR count). The second-order valence-electron chi connectivity index (χ2n) is 6.94. The molecule has 1 heterocycles. The van der Waals surface area contributed by atoms with Crippen LogP contribution in [0.4, 0.5) is 18.0 Å². The Kier molecular flexibility index (Phi) is 8.04. The molecule has 0 unspecified atom stereocenters. The van der Waals surface area contributed by atoms with Gasteiger partial charge in [0.1, 0.15) is 5.60 Å². The zero-order valence-electron chi connectivity index (χ0n) is 14.2. The monoisotopic (exact) mass is 355 g/mol. The summed E-state index contributed by atoms with van der Waals surface area (Å²) in [6, 6.07) is 0.209. The molecule has 0 radical (unpaired) electrons. The normalized spacial score (nSPS) is 19.2. The van der Waals surface area contributed by atoms with Gasteiger partial charge in [-0.05, 0) is 64.4 Å². The molecular weight excluding hydrogens is 327 g/mol. The van der Waals surface area contributed by atoms with Crippen molar-refractivity contribution in [1.29, 1.82) is 0 Å². The minimum Gasteiger partial charge on any atom is -0.444 e. The van der Waals surface area contributed by atoms with Crippen molar-refractivity contribution >= 4 is 17.9 Å². The first-order chi connectivity index (χ1) is 10.6. The van der Waals surface area contributed by atoms with Gasteiger partial charge in [0, 0.05) is 19.0 Å². The number of thioether (sulfide) groups is 1. The van der Waals surface area contributed by atoms with Gasteiger partial charge in [-0.3, -0.25) is 0 Å².